The topological polar surface area (TPSA) is 115 Å². The molecular weight excluding hydrogens is 216 g/mol. The fourth-order valence-corrected chi connectivity index (χ4v) is 0.636. The van der Waals surface area contributed by atoms with E-state index in [1.54, 1.807) is 6.07 Å². The Morgan fingerprint density at radius 3 is 1.50 bits per heavy atom. The normalized spacial score (nSPS) is 9.25. The van der Waals surface area contributed by atoms with Crippen LogP contribution in [0.2, 0.25) is 0 Å². The van der Waals surface area contributed by atoms with E-state index < -0.39 is 11.9 Å². The molecule has 4 N–H and O–H groups in total. The van der Waals surface area contributed by atoms with Crippen molar-refractivity contribution in [3.8, 4) is 11.5 Å². The Labute approximate surface area is 90.7 Å². The van der Waals surface area contributed by atoms with Crippen molar-refractivity contribution in [1.29, 1.82) is 0 Å². The van der Waals surface area contributed by atoms with Crippen LogP contribution in [0.25, 0.3) is 0 Å². The number of carbonyl (C=O) groups is 2. The van der Waals surface area contributed by atoms with Crippen LogP contribution in [0.3, 0.4) is 0 Å². The number of hydrogen-bond donors (Lipinski definition) is 4. The summed E-state index contributed by atoms with van der Waals surface area (Å²) in [7, 11) is 0. The van der Waals surface area contributed by atoms with E-state index in [-0.39, 0.29) is 11.5 Å². The highest BCUT2D eigenvalue weighted by Crippen LogP contribution is 2.14. The van der Waals surface area contributed by atoms with Crippen molar-refractivity contribution in [2.75, 3.05) is 0 Å². The molecule has 6 nitrogen and oxygen atoms in total. The maximum absolute atomic E-state index is 9.55. The maximum Gasteiger partial charge on any atom is 0.328 e. The molecule has 86 valence electrons. The molecule has 0 amide bonds. The van der Waals surface area contributed by atoms with Crippen LogP contribution in [0.1, 0.15) is 0 Å². The fourth-order valence-electron chi connectivity index (χ4n) is 0.636. The lowest BCUT2D eigenvalue weighted by atomic mass is 10.3. The largest absolute Gasteiger partial charge is 0.508 e. The molecule has 6 heteroatoms. The van der Waals surface area contributed by atoms with Gasteiger partial charge in [0.15, 0.2) is 0 Å². The van der Waals surface area contributed by atoms with Crippen molar-refractivity contribution in [2.45, 2.75) is 0 Å². The van der Waals surface area contributed by atoms with Gasteiger partial charge < -0.3 is 20.4 Å². The predicted octanol–water partition coefficient (Wildman–Crippen LogP) is 0.810. The van der Waals surface area contributed by atoms with Gasteiger partial charge >= 0.3 is 11.9 Å². The number of carboxylic acids is 2. The molecule has 0 saturated heterocycles. The molecule has 0 spiro atoms. The van der Waals surface area contributed by atoms with Crippen LogP contribution in [-0.4, -0.2) is 32.4 Å². The highest BCUT2D eigenvalue weighted by atomic mass is 16.4. The van der Waals surface area contributed by atoms with E-state index in [1.165, 1.54) is 18.2 Å². The first-order valence-corrected chi connectivity index (χ1v) is 4.03. The first-order valence-electron chi connectivity index (χ1n) is 4.03. The van der Waals surface area contributed by atoms with Gasteiger partial charge in [0.2, 0.25) is 0 Å². The quantitative estimate of drug-likeness (QED) is 0.554. The summed E-state index contributed by atoms with van der Waals surface area (Å²) in [4.78, 5) is 19.1. The minimum absolute atomic E-state index is 0.0880. The Morgan fingerprint density at radius 2 is 1.31 bits per heavy atom. The summed E-state index contributed by atoms with van der Waals surface area (Å²) >= 11 is 0. The summed E-state index contributed by atoms with van der Waals surface area (Å²) in [5.41, 5.74) is 0. The summed E-state index contributed by atoms with van der Waals surface area (Å²) in [6, 6.07) is 5.85. The SMILES string of the molecule is O=C(O)/C=C\C(=O)O.Oc1cccc(O)c1. The lowest BCUT2D eigenvalue weighted by Crippen LogP contribution is -1.91. The number of aliphatic carboxylic acids is 2. The van der Waals surface area contributed by atoms with Crippen molar-refractivity contribution in [3.05, 3.63) is 36.4 Å². The first-order chi connectivity index (χ1) is 7.41. The van der Waals surface area contributed by atoms with Gasteiger partial charge in [-0.05, 0) is 12.1 Å². The molecule has 16 heavy (non-hydrogen) atoms. The number of phenols is 2. The molecular formula is C10H10O6. The second-order valence-electron chi connectivity index (χ2n) is 2.53. The number of hydrogen-bond acceptors (Lipinski definition) is 4. The third-order valence-corrected chi connectivity index (χ3v) is 1.20. The minimum Gasteiger partial charge on any atom is -0.508 e. The molecule has 0 atom stereocenters. The molecule has 1 aromatic carbocycles. The van der Waals surface area contributed by atoms with Gasteiger partial charge in [-0.15, -0.1) is 0 Å². The second kappa shape index (κ2) is 6.88. The van der Waals surface area contributed by atoms with Crippen molar-refractivity contribution < 1.29 is 30.0 Å². The summed E-state index contributed by atoms with van der Waals surface area (Å²) < 4.78 is 0. The van der Waals surface area contributed by atoms with Crippen LogP contribution < -0.4 is 0 Å². The van der Waals surface area contributed by atoms with E-state index in [9.17, 15) is 9.59 Å². The molecule has 0 aliphatic carbocycles. The zero-order valence-corrected chi connectivity index (χ0v) is 8.07. The van der Waals surface area contributed by atoms with Crippen molar-refractivity contribution in [3.63, 3.8) is 0 Å². The van der Waals surface area contributed by atoms with Crippen LogP contribution in [0.15, 0.2) is 36.4 Å². The standard InChI is InChI=1S/C6H6O2.C4H4O4/c7-5-2-1-3-6(8)4-5;5-3(6)1-2-4(7)8/h1-4,7-8H;1-2H,(H,5,6)(H,7,8)/b;2-1-. The molecule has 1 rings (SSSR count). The third kappa shape index (κ3) is 8.11. The van der Waals surface area contributed by atoms with E-state index in [0.717, 1.165) is 0 Å². The van der Waals surface area contributed by atoms with Crippen LogP contribution in [0, 0.1) is 0 Å². The summed E-state index contributed by atoms with van der Waals surface area (Å²) in [5.74, 6) is -2.34. The Hall–Kier alpha value is -2.50. The molecule has 0 aliphatic rings. The van der Waals surface area contributed by atoms with Gasteiger partial charge in [0, 0.05) is 18.2 Å². The van der Waals surface area contributed by atoms with Crippen molar-refractivity contribution >= 4 is 11.9 Å². The molecule has 0 saturated carbocycles. The highest BCUT2D eigenvalue weighted by molar-refractivity contribution is 5.89. The predicted molar refractivity (Wildman–Crippen MR) is 54.2 cm³/mol. The zero-order valence-electron chi connectivity index (χ0n) is 8.07. The highest BCUT2D eigenvalue weighted by Gasteiger charge is 1.88. The first kappa shape index (κ1) is 13.5. The minimum atomic E-state index is -1.26. The second-order valence-corrected chi connectivity index (χ2v) is 2.53. The van der Waals surface area contributed by atoms with Gasteiger partial charge in [-0.25, -0.2) is 9.59 Å². The third-order valence-electron chi connectivity index (χ3n) is 1.20. The zero-order chi connectivity index (χ0) is 12.6. The van der Waals surface area contributed by atoms with Gasteiger partial charge in [0.25, 0.3) is 0 Å². The summed E-state index contributed by atoms with van der Waals surface area (Å²) in [6.07, 6.45) is 1.12. The average Bonchev–Trinajstić information content (AvgIpc) is 2.15. The summed E-state index contributed by atoms with van der Waals surface area (Å²) in [5, 5.41) is 32.9. The molecule has 0 unspecified atom stereocenters. The van der Waals surface area contributed by atoms with Crippen LogP contribution in [-0.2, 0) is 9.59 Å². The van der Waals surface area contributed by atoms with Crippen molar-refractivity contribution in [1.82, 2.24) is 0 Å². The molecule has 1 aromatic rings. The Balaban J connectivity index is 0.000000281. The number of carboxylic acid groups (broad SMARTS) is 2. The lowest BCUT2D eigenvalue weighted by Gasteiger charge is -1.89. The molecule has 0 radical (unpaired) electrons. The number of rotatable bonds is 2. The number of benzene rings is 1. The van der Waals surface area contributed by atoms with Crippen LogP contribution in [0.5, 0.6) is 11.5 Å². The molecule has 0 aromatic heterocycles. The monoisotopic (exact) mass is 226 g/mol. The van der Waals surface area contributed by atoms with Gasteiger partial charge in [0.05, 0.1) is 0 Å². The smallest absolute Gasteiger partial charge is 0.328 e. The number of phenolic OH excluding ortho intramolecular Hbond substituents is 2. The lowest BCUT2D eigenvalue weighted by molar-refractivity contribution is -0.134. The molecule has 0 bridgehead atoms. The fraction of sp³-hybridized carbons (Fsp3) is 0. The van der Waals surface area contributed by atoms with E-state index in [2.05, 4.69) is 0 Å². The Kier molecular flexibility index (Phi) is 5.81. The van der Waals surface area contributed by atoms with Gasteiger partial charge in [-0.3, -0.25) is 0 Å². The van der Waals surface area contributed by atoms with Crippen LogP contribution in [0.4, 0.5) is 0 Å². The average molecular weight is 226 g/mol. The van der Waals surface area contributed by atoms with E-state index in [1.807, 2.05) is 0 Å². The molecule has 0 fully saturated rings. The summed E-state index contributed by atoms with van der Waals surface area (Å²) in [6.45, 7) is 0. The van der Waals surface area contributed by atoms with E-state index >= 15 is 0 Å². The van der Waals surface area contributed by atoms with Crippen LogP contribution >= 0.6 is 0 Å². The maximum atomic E-state index is 9.55. The Morgan fingerprint density at radius 1 is 0.938 bits per heavy atom. The molecule has 0 heterocycles. The van der Waals surface area contributed by atoms with E-state index in [0.29, 0.717) is 12.2 Å². The van der Waals surface area contributed by atoms with Gasteiger partial charge in [-0.1, -0.05) is 6.07 Å². The Bertz CT molecular complexity index is 363. The van der Waals surface area contributed by atoms with E-state index in [4.69, 9.17) is 20.4 Å². The van der Waals surface area contributed by atoms with Gasteiger partial charge in [0.1, 0.15) is 11.5 Å². The van der Waals surface area contributed by atoms with Crippen molar-refractivity contribution in [2.24, 2.45) is 0 Å². The molecule has 0 aliphatic heterocycles. The van der Waals surface area contributed by atoms with Gasteiger partial charge in [-0.2, -0.15) is 0 Å². The number of aromatic hydroxyl groups is 2.